The van der Waals surface area contributed by atoms with E-state index in [1.54, 1.807) is 19.9 Å². The summed E-state index contributed by atoms with van der Waals surface area (Å²) < 4.78 is 39.7. The van der Waals surface area contributed by atoms with E-state index in [0.29, 0.717) is 19.4 Å². The molecule has 0 radical (unpaired) electrons. The number of nitrogens with one attached hydrogen (secondary N) is 1. The van der Waals surface area contributed by atoms with Crippen molar-refractivity contribution in [3.8, 4) is 0 Å². The first-order chi connectivity index (χ1) is 10.2. The maximum atomic E-state index is 11.9. The van der Waals surface area contributed by atoms with Gasteiger partial charge in [0, 0.05) is 6.54 Å². The van der Waals surface area contributed by atoms with Crippen LogP contribution in [0.15, 0.2) is 36.6 Å². The normalized spacial score (nSPS) is 13.4. The molecule has 126 valence electrons. The maximum Gasteiger partial charge on any atom is 0.422 e. The lowest BCUT2D eigenvalue weighted by Gasteiger charge is -2.18. The minimum atomic E-state index is -4.31. The number of hydrogen-bond acceptors (Lipinski definition) is 2. The van der Waals surface area contributed by atoms with Gasteiger partial charge in [0.1, 0.15) is 0 Å². The van der Waals surface area contributed by atoms with Crippen molar-refractivity contribution < 1.29 is 22.7 Å². The SMILES string of the molecule is C/C=C/CNC(=O)C(C)(C)/C=C/CC/C=C/OCC(F)(F)F. The molecule has 3 nitrogen and oxygen atoms in total. The van der Waals surface area contributed by atoms with Crippen LogP contribution in [0.2, 0.25) is 0 Å². The second-order valence-electron chi connectivity index (χ2n) is 5.28. The summed E-state index contributed by atoms with van der Waals surface area (Å²) in [5, 5.41) is 2.79. The third-order valence-electron chi connectivity index (χ3n) is 2.68. The Balaban J connectivity index is 4.00. The van der Waals surface area contributed by atoms with Gasteiger partial charge in [-0.15, -0.1) is 0 Å². The third kappa shape index (κ3) is 11.0. The van der Waals surface area contributed by atoms with Gasteiger partial charge in [-0.25, -0.2) is 0 Å². The molecule has 0 aromatic carbocycles. The topological polar surface area (TPSA) is 38.3 Å². The van der Waals surface area contributed by atoms with E-state index >= 15 is 0 Å². The average Bonchev–Trinajstić information content (AvgIpc) is 2.40. The van der Waals surface area contributed by atoms with E-state index in [2.05, 4.69) is 10.1 Å². The molecule has 0 aromatic heterocycles. The number of ether oxygens (including phenoxy) is 1. The Bertz CT molecular complexity index is 410. The summed E-state index contributed by atoms with van der Waals surface area (Å²) in [7, 11) is 0. The van der Waals surface area contributed by atoms with Gasteiger partial charge in [-0.05, 0) is 39.7 Å². The van der Waals surface area contributed by atoms with E-state index < -0.39 is 18.2 Å². The number of rotatable bonds is 9. The van der Waals surface area contributed by atoms with E-state index in [1.807, 2.05) is 25.2 Å². The number of carbonyl (C=O) groups is 1. The van der Waals surface area contributed by atoms with E-state index in [0.717, 1.165) is 6.26 Å². The van der Waals surface area contributed by atoms with Crippen molar-refractivity contribution in [2.45, 2.75) is 39.8 Å². The molecule has 0 spiro atoms. The van der Waals surface area contributed by atoms with Gasteiger partial charge in [-0.2, -0.15) is 13.2 Å². The highest BCUT2D eigenvalue weighted by Crippen LogP contribution is 2.18. The fourth-order valence-electron chi connectivity index (χ4n) is 1.42. The molecule has 1 amide bonds. The molecule has 0 bridgehead atoms. The van der Waals surface area contributed by atoms with Gasteiger partial charge >= 0.3 is 6.18 Å². The highest BCUT2D eigenvalue weighted by molar-refractivity contribution is 5.83. The fraction of sp³-hybridized carbons (Fsp3) is 0.562. The predicted octanol–water partition coefficient (Wildman–Crippen LogP) is 4.13. The molecule has 0 aliphatic heterocycles. The molecule has 0 rings (SSSR count). The number of alkyl halides is 3. The third-order valence-corrected chi connectivity index (χ3v) is 2.68. The Morgan fingerprint density at radius 3 is 2.36 bits per heavy atom. The Morgan fingerprint density at radius 1 is 1.14 bits per heavy atom. The zero-order chi connectivity index (χ0) is 17.1. The molecule has 0 saturated carbocycles. The van der Waals surface area contributed by atoms with Gasteiger partial charge < -0.3 is 10.1 Å². The predicted molar refractivity (Wildman–Crippen MR) is 81.1 cm³/mol. The molecule has 0 aliphatic carbocycles. The molecule has 0 aromatic rings. The van der Waals surface area contributed by atoms with Crippen molar-refractivity contribution in [2.75, 3.05) is 13.2 Å². The molecular weight excluding hydrogens is 295 g/mol. The number of halogens is 3. The van der Waals surface area contributed by atoms with Gasteiger partial charge in [0.05, 0.1) is 11.7 Å². The van der Waals surface area contributed by atoms with E-state index in [-0.39, 0.29) is 5.91 Å². The standard InChI is InChI=1S/C16H24F3NO2/c1-4-5-11-20-14(21)15(2,3)10-8-6-7-9-12-22-13-16(17,18)19/h4-5,8-10,12H,6-7,11,13H2,1-3H3,(H,20,21)/b5-4+,10-8+,12-9+. The molecule has 6 heteroatoms. The summed E-state index contributed by atoms with van der Waals surface area (Å²) in [6.45, 7) is 4.70. The van der Waals surface area contributed by atoms with Crippen molar-refractivity contribution in [3.63, 3.8) is 0 Å². The summed E-state index contributed by atoms with van der Waals surface area (Å²) in [5.41, 5.74) is -0.627. The molecule has 22 heavy (non-hydrogen) atoms. The lowest BCUT2D eigenvalue weighted by molar-refractivity contribution is -0.161. The van der Waals surface area contributed by atoms with Crippen LogP contribution in [0.1, 0.15) is 33.6 Å². The Labute approximate surface area is 129 Å². The smallest absolute Gasteiger partial charge is 0.422 e. The molecule has 0 unspecified atom stereocenters. The number of unbranched alkanes of at least 4 members (excludes halogenated alkanes) is 1. The van der Waals surface area contributed by atoms with Gasteiger partial charge in [-0.1, -0.05) is 24.3 Å². The lowest BCUT2D eigenvalue weighted by atomic mass is 9.91. The quantitative estimate of drug-likeness (QED) is 0.394. The van der Waals surface area contributed by atoms with Crippen molar-refractivity contribution in [3.05, 3.63) is 36.6 Å². The number of carbonyl (C=O) groups excluding carboxylic acids is 1. The van der Waals surface area contributed by atoms with Gasteiger partial charge in [0.25, 0.3) is 0 Å². The van der Waals surface area contributed by atoms with Crippen LogP contribution in [0.25, 0.3) is 0 Å². The molecule has 0 fully saturated rings. The van der Waals surface area contributed by atoms with Crippen LogP contribution >= 0.6 is 0 Å². The highest BCUT2D eigenvalue weighted by atomic mass is 19.4. The Morgan fingerprint density at radius 2 is 1.77 bits per heavy atom. The van der Waals surface area contributed by atoms with Crippen molar-refractivity contribution >= 4 is 5.91 Å². The van der Waals surface area contributed by atoms with E-state index in [1.165, 1.54) is 6.08 Å². The van der Waals surface area contributed by atoms with Crippen molar-refractivity contribution in [1.29, 1.82) is 0 Å². The van der Waals surface area contributed by atoms with Crippen LogP contribution in [0.5, 0.6) is 0 Å². The summed E-state index contributed by atoms with van der Waals surface area (Å²) >= 11 is 0. The Kier molecular flexibility index (Phi) is 9.29. The van der Waals surface area contributed by atoms with Crippen LogP contribution in [-0.2, 0) is 9.53 Å². The molecular formula is C16H24F3NO2. The first-order valence-electron chi connectivity index (χ1n) is 7.09. The second kappa shape index (κ2) is 10.1. The van der Waals surface area contributed by atoms with Crippen molar-refractivity contribution in [2.24, 2.45) is 5.41 Å². The summed E-state index contributed by atoms with van der Waals surface area (Å²) in [5.74, 6) is -0.0779. The monoisotopic (exact) mass is 319 g/mol. The van der Waals surface area contributed by atoms with Crippen LogP contribution < -0.4 is 5.32 Å². The van der Waals surface area contributed by atoms with Crippen LogP contribution in [-0.4, -0.2) is 25.2 Å². The summed E-state index contributed by atoms with van der Waals surface area (Å²) in [4.78, 5) is 11.9. The van der Waals surface area contributed by atoms with Gasteiger partial charge in [-0.3, -0.25) is 4.79 Å². The van der Waals surface area contributed by atoms with Gasteiger partial charge in [0.2, 0.25) is 5.91 Å². The fourth-order valence-corrected chi connectivity index (χ4v) is 1.42. The van der Waals surface area contributed by atoms with E-state index in [4.69, 9.17) is 0 Å². The number of amides is 1. The molecule has 0 atom stereocenters. The van der Waals surface area contributed by atoms with Crippen LogP contribution in [0, 0.1) is 5.41 Å². The maximum absolute atomic E-state index is 11.9. The lowest BCUT2D eigenvalue weighted by Crippen LogP contribution is -2.35. The molecule has 1 N–H and O–H groups in total. The first-order valence-corrected chi connectivity index (χ1v) is 7.09. The summed E-state index contributed by atoms with van der Waals surface area (Å²) in [6, 6.07) is 0. The van der Waals surface area contributed by atoms with Crippen LogP contribution in [0.3, 0.4) is 0 Å². The molecule has 0 saturated heterocycles. The van der Waals surface area contributed by atoms with E-state index in [9.17, 15) is 18.0 Å². The number of hydrogen-bond donors (Lipinski definition) is 1. The zero-order valence-electron chi connectivity index (χ0n) is 13.2. The van der Waals surface area contributed by atoms with Gasteiger partial charge in [0.15, 0.2) is 6.61 Å². The molecule has 0 aliphatic rings. The Hall–Kier alpha value is -1.72. The van der Waals surface area contributed by atoms with Crippen molar-refractivity contribution in [1.82, 2.24) is 5.32 Å². The average molecular weight is 319 g/mol. The zero-order valence-corrected chi connectivity index (χ0v) is 13.2. The highest BCUT2D eigenvalue weighted by Gasteiger charge is 2.27. The van der Waals surface area contributed by atoms with Crippen LogP contribution in [0.4, 0.5) is 13.2 Å². The first kappa shape index (κ1) is 20.3. The minimum Gasteiger partial charge on any atom is -0.492 e. The largest absolute Gasteiger partial charge is 0.492 e. The number of allylic oxidation sites excluding steroid dienone is 3. The molecule has 0 heterocycles. The summed E-state index contributed by atoms with van der Waals surface area (Å²) in [6.07, 6.45) is 6.77. The minimum absolute atomic E-state index is 0.0779. The second-order valence-corrected chi connectivity index (χ2v) is 5.28.